The standard InChI is InChI=1S/C32H28N6O2S/c1-18(39)28-9-10-29(41-28)31-24-15-27(36-25(24)11-12-34-31)30-23-14-20(7-8-26(23)37-38-30)21-13-22(17-33-16-21)35-32(40)19-5-3-2-4-6-19/h7-17,19,36H,2-6H2,1H3,(H,35,40)(H,37,38). The summed E-state index contributed by atoms with van der Waals surface area (Å²) < 4.78 is 0. The summed E-state index contributed by atoms with van der Waals surface area (Å²) in [5.74, 6) is 0.221. The van der Waals surface area contributed by atoms with Gasteiger partial charge in [0.2, 0.25) is 5.91 Å². The van der Waals surface area contributed by atoms with Crippen molar-refractivity contribution in [1.29, 1.82) is 0 Å². The molecule has 9 heteroatoms. The molecule has 1 fully saturated rings. The summed E-state index contributed by atoms with van der Waals surface area (Å²) in [5, 5.41) is 12.8. The number of benzene rings is 1. The number of fused-ring (bicyclic) bond motifs is 2. The van der Waals surface area contributed by atoms with E-state index in [9.17, 15) is 9.59 Å². The SMILES string of the molecule is CC(=O)c1ccc(-c2nccc3[nH]c(-c4n[nH]c5ccc(-c6cncc(NC(=O)C7CCCCC7)c6)cc45)cc23)s1. The van der Waals surface area contributed by atoms with E-state index in [2.05, 4.69) is 42.6 Å². The van der Waals surface area contributed by atoms with Gasteiger partial charge in [-0.2, -0.15) is 5.10 Å². The number of amides is 1. The normalized spacial score (nSPS) is 14.1. The highest BCUT2D eigenvalue weighted by molar-refractivity contribution is 7.17. The van der Waals surface area contributed by atoms with Gasteiger partial charge in [-0.05, 0) is 67.8 Å². The molecule has 1 aliphatic rings. The molecule has 41 heavy (non-hydrogen) atoms. The van der Waals surface area contributed by atoms with Crippen LogP contribution in [0.5, 0.6) is 0 Å². The van der Waals surface area contributed by atoms with Gasteiger partial charge in [0.15, 0.2) is 5.78 Å². The Morgan fingerprint density at radius 1 is 0.902 bits per heavy atom. The molecular weight excluding hydrogens is 532 g/mol. The number of thiophene rings is 1. The fraction of sp³-hybridized carbons (Fsp3) is 0.219. The van der Waals surface area contributed by atoms with E-state index in [0.29, 0.717) is 10.6 Å². The second-order valence-corrected chi connectivity index (χ2v) is 11.7. The van der Waals surface area contributed by atoms with E-state index in [0.717, 1.165) is 80.6 Å². The number of nitrogens with zero attached hydrogens (tertiary/aromatic N) is 3. The summed E-state index contributed by atoms with van der Waals surface area (Å²) in [5.41, 5.74) is 6.98. The first-order valence-corrected chi connectivity index (χ1v) is 14.7. The van der Waals surface area contributed by atoms with Gasteiger partial charge in [-0.15, -0.1) is 11.3 Å². The number of hydrogen-bond acceptors (Lipinski definition) is 6. The summed E-state index contributed by atoms with van der Waals surface area (Å²) in [6.07, 6.45) is 10.7. The molecule has 1 aromatic carbocycles. The van der Waals surface area contributed by atoms with Crippen molar-refractivity contribution in [2.45, 2.75) is 39.0 Å². The minimum atomic E-state index is 0.0503. The second kappa shape index (κ2) is 10.4. The first-order valence-electron chi connectivity index (χ1n) is 13.9. The first-order chi connectivity index (χ1) is 20.0. The van der Waals surface area contributed by atoms with Crippen LogP contribution in [0.15, 0.2) is 67.1 Å². The third kappa shape index (κ3) is 4.82. The molecule has 0 saturated heterocycles. The molecule has 0 spiro atoms. The molecule has 8 nitrogen and oxygen atoms in total. The number of Topliss-reactive ketones (excluding diaryl/α,β-unsaturated/α-hetero) is 1. The third-order valence-electron chi connectivity index (χ3n) is 7.87. The van der Waals surface area contributed by atoms with Crippen LogP contribution in [0.4, 0.5) is 5.69 Å². The van der Waals surface area contributed by atoms with Crippen molar-refractivity contribution in [2.75, 3.05) is 5.32 Å². The Hall–Kier alpha value is -4.63. The number of carbonyl (C=O) groups is 2. The molecule has 0 bridgehead atoms. The van der Waals surface area contributed by atoms with Crippen LogP contribution in [-0.4, -0.2) is 36.8 Å². The molecule has 0 aliphatic heterocycles. The van der Waals surface area contributed by atoms with E-state index in [1.807, 2.05) is 42.6 Å². The van der Waals surface area contributed by atoms with Crippen molar-refractivity contribution >= 4 is 50.5 Å². The van der Waals surface area contributed by atoms with E-state index in [4.69, 9.17) is 0 Å². The molecule has 7 rings (SSSR count). The summed E-state index contributed by atoms with van der Waals surface area (Å²) in [4.78, 5) is 38.9. The Morgan fingerprint density at radius 2 is 1.76 bits per heavy atom. The molecule has 0 atom stereocenters. The summed E-state index contributed by atoms with van der Waals surface area (Å²) in [6.45, 7) is 1.58. The van der Waals surface area contributed by atoms with Crippen molar-refractivity contribution in [3.8, 4) is 33.1 Å². The largest absolute Gasteiger partial charge is 0.353 e. The van der Waals surface area contributed by atoms with Crippen LogP contribution >= 0.6 is 11.3 Å². The average molecular weight is 561 g/mol. The number of hydrogen-bond donors (Lipinski definition) is 3. The van der Waals surface area contributed by atoms with Crippen molar-refractivity contribution in [2.24, 2.45) is 5.92 Å². The molecule has 204 valence electrons. The fourth-order valence-corrected chi connectivity index (χ4v) is 6.62. The van der Waals surface area contributed by atoms with Gasteiger partial charge < -0.3 is 10.3 Å². The van der Waals surface area contributed by atoms with Gasteiger partial charge in [0.25, 0.3) is 0 Å². The van der Waals surface area contributed by atoms with Crippen LogP contribution in [0, 0.1) is 5.92 Å². The summed E-state index contributed by atoms with van der Waals surface area (Å²) in [6, 6.07) is 15.9. The Kier molecular flexibility index (Phi) is 6.43. The Balaban J connectivity index is 1.22. The summed E-state index contributed by atoms with van der Waals surface area (Å²) >= 11 is 1.45. The number of anilines is 1. The van der Waals surface area contributed by atoms with Gasteiger partial charge in [-0.25, -0.2) is 0 Å². The van der Waals surface area contributed by atoms with Gasteiger partial charge in [0, 0.05) is 40.2 Å². The van der Waals surface area contributed by atoms with Crippen LogP contribution < -0.4 is 5.32 Å². The highest BCUT2D eigenvalue weighted by Crippen LogP contribution is 2.36. The molecule has 5 aromatic heterocycles. The van der Waals surface area contributed by atoms with E-state index in [1.54, 1.807) is 19.3 Å². The number of carbonyl (C=O) groups excluding carboxylic acids is 2. The lowest BCUT2D eigenvalue weighted by Gasteiger charge is -2.20. The smallest absolute Gasteiger partial charge is 0.227 e. The summed E-state index contributed by atoms with van der Waals surface area (Å²) in [7, 11) is 0. The van der Waals surface area contributed by atoms with E-state index in [1.165, 1.54) is 17.8 Å². The lowest BCUT2D eigenvalue weighted by Crippen LogP contribution is -2.24. The number of aromatic amines is 2. The molecule has 0 unspecified atom stereocenters. The average Bonchev–Trinajstić information content (AvgIpc) is 3.75. The van der Waals surface area contributed by atoms with Gasteiger partial charge in [0.05, 0.1) is 38.5 Å². The van der Waals surface area contributed by atoms with Crippen molar-refractivity contribution in [3.05, 3.63) is 72.0 Å². The molecular formula is C32H28N6O2S. The topological polar surface area (TPSA) is 116 Å². The van der Waals surface area contributed by atoms with Crippen LogP contribution in [0.1, 0.15) is 48.7 Å². The lowest BCUT2D eigenvalue weighted by molar-refractivity contribution is -0.120. The zero-order chi connectivity index (χ0) is 27.9. The first kappa shape index (κ1) is 25.3. The van der Waals surface area contributed by atoms with Crippen LogP contribution in [0.25, 0.3) is 54.9 Å². The molecule has 1 aliphatic carbocycles. The van der Waals surface area contributed by atoms with Crippen molar-refractivity contribution in [3.63, 3.8) is 0 Å². The third-order valence-corrected chi connectivity index (χ3v) is 9.06. The number of aromatic nitrogens is 5. The molecule has 0 radical (unpaired) electrons. The van der Waals surface area contributed by atoms with Gasteiger partial charge in [-0.3, -0.25) is 24.7 Å². The quantitative estimate of drug-likeness (QED) is 0.181. The Morgan fingerprint density at radius 3 is 2.59 bits per heavy atom. The zero-order valence-corrected chi connectivity index (χ0v) is 23.3. The van der Waals surface area contributed by atoms with Crippen LogP contribution in [0.2, 0.25) is 0 Å². The predicted molar refractivity (Wildman–Crippen MR) is 163 cm³/mol. The number of pyridine rings is 2. The zero-order valence-electron chi connectivity index (χ0n) is 22.5. The maximum atomic E-state index is 12.8. The van der Waals surface area contributed by atoms with E-state index >= 15 is 0 Å². The molecule has 1 saturated carbocycles. The van der Waals surface area contributed by atoms with Gasteiger partial charge in [0.1, 0.15) is 5.69 Å². The number of rotatable bonds is 6. The van der Waals surface area contributed by atoms with Crippen molar-refractivity contribution in [1.82, 2.24) is 25.1 Å². The van der Waals surface area contributed by atoms with E-state index < -0.39 is 0 Å². The lowest BCUT2D eigenvalue weighted by atomic mass is 9.88. The van der Waals surface area contributed by atoms with Gasteiger partial charge >= 0.3 is 0 Å². The van der Waals surface area contributed by atoms with Crippen LogP contribution in [-0.2, 0) is 4.79 Å². The second-order valence-electron chi connectivity index (χ2n) is 10.6. The minimum absolute atomic E-state index is 0.0503. The maximum absolute atomic E-state index is 12.8. The number of nitrogens with one attached hydrogen (secondary N) is 3. The van der Waals surface area contributed by atoms with Crippen molar-refractivity contribution < 1.29 is 9.59 Å². The Labute approximate surface area is 240 Å². The van der Waals surface area contributed by atoms with Gasteiger partial charge in [-0.1, -0.05) is 25.3 Å². The monoisotopic (exact) mass is 560 g/mol. The fourth-order valence-electron chi connectivity index (χ4n) is 5.71. The highest BCUT2D eigenvalue weighted by atomic mass is 32.1. The Bertz CT molecular complexity index is 1930. The number of ketones is 1. The molecule has 6 aromatic rings. The highest BCUT2D eigenvalue weighted by Gasteiger charge is 2.21. The number of H-pyrrole nitrogens is 2. The predicted octanol–water partition coefficient (Wildman–Crippen LogP) is 7.62. The minimum Gasteiger partial charge on any atom is -0.353 e. The maximum Gasteiger partial charge on any atom is 0.227 e. The molecule has 3 N–H and O–H groups in total. The van der Waals surface area contributed by atoms with E-state index in [-0.39, 0.29) is 17.6 Å². The molecule has 1 amide bonds. The van der Waals surface area contributed by atoms with Crippen LogP contribution in [0.3, 0.4) is 0 Å². The molecule has 5 heterocycles.